The van der Waals surface area contributed by atoms with Crippen LogP contribution in [0.15, 0.2) is 0 Å². The van der Waals surface area contributed by atoms with Gasteiger partial charge in [-0.25, -0.2) is 0 Å². The van der Waals surface area contributed by atoms with Crippen LogP contribution in [0.2, 0.25) is 0 Å². The number of aliphatic hydroxyl groups excluding tert-OH is 1. The molecule has 20 heavy (non-hydrogen) atoms. The molecule has 2 unspecified atom stereocenters. The van der Waals surface area contributed by atoms with E-state index in [4.69, 9.17) is 0 Å². The number of aliphatic hydroxyl groups is 1. The molecule has 4 nitrogen and oxygen atoms in total. The second-order valence-corrected chi connectivity index (χ2v) is 7.04. The number of likely N-dealkylation sites (N-methyl/N-ethyl adjacent to an activating group) is 1. The zero-order valence-electron chi connectivity index (χ0n) is 13.6. The highest BCUT2D eigenvalue weighted by Crippen LogP contribution is 2.41. The lowest BCUT2D eigenvalue weighted by molar-refractivity contribution is 0.0794. The van der Waals surface area contributed by atoms with Crippen molar-refractivity contribution in [1.82, 2.24) is 15.1 Å². The normalized spacial score (nSPS) is 27.1. The first-order valence-corrected chi connectivity index (χ1v) is 8.36. The molecule has 0 aromatic rings. The van der Waals surface area contributed by atoms with Crippen LogP contribution in [0.3, 0.4) is 0 Å². The third-order valence-electron chi connectivity index (χ3n) is 4.93. The summed E-state index contributed by atoms with van der Waals surface area (Å²) in [7, 11) is 4.32. The van der Waals surface area contributed by atoms with Crippen LogP contribution in [0.5, 0.6) is 0 Å². The second-order valence-electron chi connectivity index (χ2n) is 7.04. The van der Waals surface area contributed by atoms with Crippen molar-refractivity contribution in [1.29, 1.82) is 0 Å². The lowest BCUT2D eigenvalue weighted by Crippen LogP contribution is -2.59. The number of rotatable bonds is 9. The third-order valence-corrected chi connectivity index (χ3v) is 4.93. The number of likely N-dealkylation sites (tertiary alicyclic amines) is 1. The van der Waals surface area contributed by atoms with E-state index in [0.717, 1.165) is 26.1 Å². The summed E-state index contributed by atoms with van der Waals surface area (Å²) in [6, 6.07) is 0.665. The topological polar surface area (TPSA) is 38.7 Å². The number of hydrogen-bond donors (Lipinski definition) is 2. The van der Waals surface area contributed by atoms with Crippen LogP contribution < -0.4 is 5.32 Å². The molecule has 0 aromatic carbocycles. The predicted molar refractivity (Wildman–Crippen MR) is 84.0 cm³/mol. The van der Waals surface area contributed by atoms with Crippen molar-refractivity contribution in [2.45, 2.75) is 50.6 Å². The van der Waals surface area contributed by atoms with Gasteiger partial charge in [-0.05, 0) is 65.2 Å². The maximum atomic E-state index is 10.0. The van der Waals surface area contributed by atoms with E-state index in [0.29, 0.717) is 12.0 Å². The van der Waals surface area contributed by atoms with E-state index in [-0.39, 0.29) is 12.1 Å². The Morgan fingerprint density at radius 2 is 2.05 bits per heavy atom. The molecule has 2 atom stereocenters. The van der Waals surface area contributed by atoms with Gasteiger partial charge in [0.2, 0.25) is 0 Å². The first-order valence-electron chi connectivity index (χ1n) is 8.36. The number of hydrogen-bond acceptors (Lipinski definition) is 4. The molecule has 118 valence electrons. The Hall–Kier alpha value is -0.160. The molecule has 1 heterocycles. The molecule has 2 aliphatic rings. The third kappa shape index (κ3) is 3.94. The van der Waals surface area contributed by atoms with E-state index in [1.807, 2.05) is 0 Å². The van der Waals surface area contributed by atoms with Crippen molar-refractivity contribution < 1.29 is 5.11 Å². The van der Waals surface area contributed by atoms with E-state index in [1.165, 1.54) is 32.2 Å². The van der Waals surface area contributed by atoms with E-state index >= 15 is 0 Å². The minimum atomic E-state index is -0.0507. The lowest BCUT2D eigenvalue weighted by Gasteiger charge is -2.39. The summed E-state index contributed by atoms with van der Waals surface area (Å²) < 4.78 is 0. The molecule has 1 saturated carbocycles. The fourth-order valence-electron chi connectivity index (χ4n) is 3.67. The molecule has 2 N–H and O–H groups in total. The molecule has 0 amide bonds. The quantitative estimate of drug-likeness (QED) is 0.666. The molecule has 1 saturated heterocycles. The number of nitrogens with zero attached hydrogens (tertiary/aromatic N) is 2. The minimum absolute atomic E-state index is 0.0507. The summed E-state index contributed by atoms with van der Waals surface area (Å²) >= 11 is 0. The highest BCUT2D eigenvalue weighted by atomic mass is 16.3. The Labute approximate surface area is 124 Å². The van der Waals surface area contributed by atoms with Crippen molar-refractivity contribution in [3.05, 3.63) is 0 Å². The van der Waals surface area contributed by atoms with Crippen molar-refractivity contribution in [3.63, 3.8) is 0 Å². The van der Waals surface area contributed by atoms with Crippen LogP contribution in [0.4, 0.5) is 0 Å². The average Bonchev–Trinajstić information content (AvgIpc) is 3.19. The lowest BCUT2D eigenvalue weighted by atomic mass is 9.92. The van der Waals surface area contributed by atoms with E-state index in [9.17, 15) is 5.11 Å². The highest BCUT2D eigenvalue weighted by molar-refractivity contribution is 5.04. The van der Waals surface area contributed by atoms with Crippen LogP contribution in [0, 0.1) is 5.92 Å². The smallest absolute Gasteiger partial charge is 0.0628 e. The molecule has 1 aliphatic carbocycles. The van der Waals surface area contributed by atoms with Gasteiger partial charge in [-0.2, -0.15) is 0 Å². The molecule has 1 aliphatic heterocycles. The van der Waals surface area contributed by atoms with Crippen LogP contribution in [-0.2, 0) is 0 Å². The first kappa shape index (κ1) is 16.2. The van der Waals surface area contributed by atoms with Gasteiger partial charge in [-0.15, -0.1) is 0 Å². The SMILES string of the molecule is CCCNC(CO)(CN1CCCC1CN(C)C)C1CC1. The molecule has 0 bridgehead atoms. The van der Waals surface area contributed by atoms with Gasteiger partial charge in [0.05, 0.1) is 12.1 Å². The zero-order chi connectivity index (χ0) is 14.6. The average molecular weight is 283 g/mol. The Bertz CT molecular complexity index is 293. The van der Waals surface area contributed by atoms with Gasteiger partial charge in [0.1, 0.15) is 0 Å². The second kappa shape index (κ2) is 7.21. The summed E-state index contributed by atoms with van der Waals surface area (Å²) in [6.07, 6.45) is 6.30. The van der Waals surface area contributed by atoms with Gasteiger partial charge in [-0.3, -0.25) is 4.90 Å². The molecule has 2 fully saturated rings. The van der Waals surface area contributed by atoms with Crippen LogP contribution in [0.25, 0.3) is 0 Å². The maximum absolute atomic E-state index is 10.0. The van der Waals surface area contributed by atoms with Gasteiger partial charge in [0.25, 0.3) is 0 Å². The fraction of sp³-hybridized carbons (Fsp3) is 1.00. The van der Waals surface area contributed by atoms with Gasteiger partial charge in [0, 0.05) is 19.1 Å². The van der Waals surface area contributed by atoms with Crippen LogP contribution >= 0.6 is 0 Å². The molecule has 0 aromatic heterocycles. The van der Waals surface area contributed by atoms with E-state index in [2.05, 4.69) is 36.1 Å². The monoisotopic (exact) mass is 283 g/mol. The Balaban J connectivity index is 1.98. The summed E-state index contributed by atoms with van der Waals surface area (Å²) in [6.45, 7) is 6.85. The molecular weight excluding hydrogens is 250 g/mol. The largest absolute Gasteiger partial charge is 0.394 e. The Morgan fingerprint density at radius 3 is 2.60 bits per heavy atom. The van der Waals surface area contributed by atoms with Crippen LogP contribution in [-0.4, -0.2) is 73.4 Å². The van der Waals surface area contributed by atoms with Crippen molar-refractivity contribution in [2.24, 2.45) is 5.92 Å². The molecule has 0 radical (unpaired) electrons. The predicted octanol–water partition coefficient (Wildman–Crippen LogP) is 1.15. The van der Waals surface area contributed by atoms with Gasteiger partial charge in [0.15, 0.2) is 0 Å². The Kier molecular flexibility index (Phi) is 5.84. The van der Waals surface area contributed by atoms with Crippen molar-refractivity contribution >= 4 is 0 Å². The van der Waals surface area contributed by atoms with Gasteiger partial charge >= 0.3 is 0 Å². The summed E-state index contributed by atoms with van der Waals surface area (Å²) in [5, 5.41) is 13.7. The van der Waals surface area contributed by atoms with Crippen molar-refractivity contribution in [2.75, 3.05) is 46.9 Å². The molecule has 4 heteroatoms. The first-order chi connectivity index (χ1) is 9.61. The standard InChI is InChI=1S/C16H33N3O/c1-4-9-17-16(13-20,14-7-8-14)12-19-10-5-6-15(19)11-18(2)3/h14-15,17,20H,4-13H2,1-3H3. The van der Waals surface area contributed by atoms with Crippen molar-refractivity contribution in [3.8, 4) is 0 Å². The fourth-order valence-corrected chi connectivity index (χ4v) is 3.67. The minimum Gasteiger partial charge on any atom is -0.394 e. The molecule has 0 spiro atoms. The molecular formula is C16H33N3O. The van der Waals surface area contributed by atoms with Gasteiger partial charge in [-0.1, -0.05) is 6.92 Å². The summed E-state index contributed by atoms with van der Waals surface area (Å²) in [5.74, 6) is 0.680. The van der Waals surface area contributed by atoms with Crippen LogP contribution in [0.1, 0.15) is 39.0 Å². The summed E-state index contributed by atoms with van der Waals surface area (Å²) in [5.41, 5.74) is -0.0507. The zero-order valence-corrected chi connectivity index (χ0v) is 13.6. The molecule has 2 rings (SSSR count). The maximum Gasteiger partial charge on any atom is 0.0628 e. The van der Waals surface area contributed by atoms with E-state index in [1.54, 1.807) is 0 Å². The highest BCUT2D eigenvalue weighted by Gasteiger charge is 2.46. The summed E-state index contributed by atoms with van der Waals surface area (Å²) in [4.78, 5) is 4.91. The number of nitrogens with one attached hydrogen (secondary N) is 1. The Morgan fingerprint density at radius 1 is 1.30 bits per heavy atom. The van der Waals surface area contributed by atoms with Gasteiger partial charge < -0.3 is 15.3 Å². The van der Waals surface area contributed by atoms with E-state index < -0.39 is 0 Å².